The van der Waals surface area contributed by atoms with Gasteiger partial charge in [-0.1, -0.05) is 45.2 Å². The van der Waals surface area contributed by atoms with Crippen molar-refractivity contribution in [1.82, 2.24) is 0 Å². The lowest BCUT2D eigenvalue weighted by Crippen LogP contribution is -2.24. The first kappa shape index (κ1) is 17.7. The van der Waals surface area contributed by atoms with E-state index in [0.717, 1.165) is 6.08 Å². The van der Waals surface area contributed by atoms with E-state index < -0.39 is 17.4 Å². The first-order valence-corrected chi connectivity index (χ1v) is 7.04. The van der Waals surface area contributed by atoms with Crippen molar-refractivity contribution in [2.45, 2.75) is 33.3 Å². The van der Waals surface area contributed by atoms with Gasteiger partial charge in [0.15, 0.2) is 0 Å². The summed E-state index contributed by atoms with van der Waals surface area (Å²) in [6.07, 6.45) is 1.33. The summed E-state index contributed by atoms with van der Waals surface area (Å²) in [6.45, 7) is 13.1. The molecule has 0 bridgehead atoms. The number of rotatable bonds is 7. The van der Waals surface area contributed by atoms with Crippen molar-refractivity contribution in [3.63, 3.8) is 0 Å². The molecule has 0 aliphatic heterocycles. The minimum absolute atomic E-state index is 0.219. The van der Waals surface area contributed by atoms with Crippen LogP contribution in [0.3, 0.4) is 0 Å². The standard InChI is InChI=1S/C18H22O4/c1-6-16(19)22-12(2)11-18(4,5)13(3)14-9-7-8-10-15(14)17(20)21/h6-10,12H,1,3,11H2,2,4-5H3,(H,20,21). The van der Waals surface area contributed by atoms with Crippen molar-refractivity contribution >= 4 is 17.5 Å². The Morgan fingerprint density at radius 3 is 2.36 bits per heavy atom. The number of hydrogen-bond donors (Lipinski definition) is 1. The van der Waals surface area contributed by atoms with E-state index in [1.165, 1.54) is 0 Å². The van der Waals surface area contributed by atoms with Crippen LogP contribution in [0.4, 0.5) is 0 Å². The zero-order chi connectivity index (χ0) is 16.9. The minimum Gasteiger partial charge on any atom is -0.478 e. The third kappa shape index (κ3) is 4.32. The van der Waals surface area contributed by atoms with Gasteiger partial charge in [0, 0.05) is 6.08 Å². The molecule has 0 amide bonds. The van der Waals surface area contributed by atoms with Gasteiger partial charge in [0.05, 0.1) is 5.56 Å². The van der Waals surface area contributed by atoms with Crippen LogP contribution >= 0.6 is 0 Å². The molecule has 4 nitrogen and oxygen atoms in total. The molecule has 0 heterocycles. The van der Waals surface area contributed by atoms with Gasteiger partial charge in [0.25, 0.3) is 0 Å². The molecule has 1 N–H and O–H groups in total. The number of carboxylic acid groups (broad SMARTS) is 1. The SMILES string of the molecule is C=CC(=O)OC(C)CC(C)(C)C(=C)c1ccccc1C(=O)O. The first-order valence-electron chi connectivity index (χ1n) is 7.04. The molecule has 1 aromatic rings. The number of ether oxygens (including phenoxy) is 1. The summed E-state index contributed by atoms with van der Waals surface area (Å²) in [5, 5.41) is 9.29. The topological polar surface area (TPSA) is 63.6 Å². The van der Waals surface area contributed by atoms with Crippen molar-refractivity contribution in [2.24, 2.45) is 5.41 Å². The monoisotopic (exact) mass is 302 g/mol. The van der Waals surface area contributed by atoms with Gasteiger partial charge in [-0.3, -0.25) is 0 Å². The fourth-order valence-electron chi connectivity index (χ4n) is 2.43. The smallest absolute Gasteiger partial charge is 0.336 e. The number of esters is 1. The summed E-state index contributed by atoms with van der Waals surface area (Å²) in [5.74, 6) is -1.46. The minimum atomic E-state index is -0.987. The highest BCUT2D eigenvalue weighted by Gasteiger charge is 2.28. The molecule has 22 heavy (non-hydrogen) atoms. The number of benzene rings is 1. The molecule has 0 aromatic heterocycles. The Labute approximate surface area is 131 Å². The lowest BCUT2D eigenvalue weighted by Gasteiger charge is -2.31. The second kappa shape index (κ2) is 7.07. The molecule has 1 unspecified atom stereocenters. The molecule has 0 saturated heterocycles. The Kier molecular flexibility index (Phi) is 5.69. The van der Waals surface area contributed by atoms with E-state index in [9.17, 15) is 14.7 Å². The molecular formula is C18H22O4. The molecule has 0 fully saturated rings. The Hall–Kier alpha value is -2.36. The highest BCUT2D eigenvalue weighted by atomic mass is 16.5. The van der Waals surface area contributed by atoms with Crippen LogP contribution in [0.1, 0.15) is 43.1 Å². The largest absolute Gasteiger partial charge is 0.478 e. The van der Waals surface area contributed by atoms with E-state index in [1.54, 1.807) is 31.2 Å². The lowest BCUT2D eigenvalue weighted by molar-refractivity contribution is -0.143. The number of allylic oxidation sites excluding steroid dienone is 1. The Morgan fingerprint density at radius 2 is 1.86 bits per heavy atom. The summed E-state index contributed by atoms with van der Waals surface area (Å²) in [7, 11) is 0. The van der Waals surface area contributed by atoms with Crippen LogP contribution < -0.4 is 0 Å². The average molecular weight is 302 g/mol. The molecule has 118 valence electrons. The second-order valence-electron chi connectivity index (χ2n) is 5.87. The van der Waals surface area contributed by atoms with E-state index in [1.807, 2.05) is 13.8 Å². The third-order valence-corrected chi connectivity index (χ3v) is 3.58. The Morgan fingerprint density at radius 1 is 1.32 bits per heavy atom. The van der Waals surface area contributed by atoms with Crippen LogP contribution in [0.2, 0.25) is 0 Å². The van der Waals surface area contributed by atoms with Gasteiger partial charge in [0.1, 0.15) is 6.10 Å². The van der Waals surface area contributed by atoms with E-state index in [4.69, 9.17) is 4.74 Å². The summed E-state index contributed by atoms with van der Waals surface area (Å²) in [5.41, 5.74) is 1.09. The number of carbonyl (C=O) groups excluding carboxylic acids is 1. The maximum atomic E-state index is 11.3. The van der Waals surface area contributed by atoms with E-state index in [-0.39, 0.29) is 11.7 Å². The van der Waals surface area contributed by atoms with Crippen LogP contribution in [0.25, 0.3) is 5.57 Å². The molecular weight excluding hydrogens is 280 g/mol. The van der Waals surface area contributed by atoms with Gasteiger partial charge < -0.3 is 9.84 Å². The zero-order valence-electron chi connectivity index (χ0n) is 13.3. The number of carbonyl (C=O) groups is 2. The maximum absolute atomic E-state index is 11.3. The molecule has 0 radical (unpaired) electrons. The summed E-state index contributed by atoms with van der Waals surface area (Å²) >= 11 is 0. The number of carboxylic acids is 1. The van der Waals surface area contributed by atoms with Crippen molar-refractivity contribution in [3.05, 3.63) is 54.6 Å². The van der Waals surface area contributed by atoms with Gasteiger partial charge in [-0.25, -0.2) is 9.59 Å². The summed E-state index contributed by atoms with van der Waals surface area (Å²) in [6, 6.07) is 6.76. The van der Waals surface area contributed by atoms with Crippen LogP contribution in [0, 0.1) is 5.41 Å². The quantitative estimate of drug-likeness (QED) is 0.612. The number of hydrogen-bond acceptors (Lipinski definition) is 3. The predicted octanol–water partition coefficient (Wildman–Crippen LogP) is 3.93. The van der Waals surface area contributed by atoms with Gasteiger partial charge in [-0.05, 0) is 36.0 Å². The van der Waals surface area contributed by atoms with E-state index in [0.29, 0.717) is 17.6 Å². The summed E-state index contributed by atoms with van der Waals surface area (Å²) < 4.78 is 5.18. The van der Waals surface area contributed by atoms with E-state index in [2.05, 4.69) is 13.2 Å². The van der Waals surface area contributed by atoms with Crippen molar-refractivity contribution in [1.29, 1.82) is 0 Å². The fourth-order valence-corrected chi connectivity index (χ4v) is 2.43. The van der Waals surface area contributed by atoms with Gasteiger partial charge in [0.2, 0.25) is 0 Å². The molecule has 0 aliphatic rings. The lowest BCUT2D eigenvalue weighted by atomic mass is 9.76. The average Bonchev–Trinajstić information content (AvgIpc) is 2.45. The molecule has 0 saturated carbocycles. The second-order valence-corrected chi connectivity index (χ2v) is 5.87. The van der Waals surface area contributed by atoms with Crippen molar-refractivity contribution < 1.29 is 19.4 Å². The number of aromatic carboxylic acids is 1. The molecule has 1 rings (SSSR count). The van der Waals surface area contributed by atoms with Crippen LogP contribution in [-0.2, 0) is 9.53 Å². The molecule has 1 aromatic carbocycles. The van der Waals surface area contributed by atoms with Crippen LogP contribution in [-0.4, -0.2) is 23.1 Å². The highest BCUT2D eigenvalue weighted by Crippen LogP contribution is 2.39. The third-order valence-electron chi connectivity index (χ3n) is 3.58. The van der Waals surface area contributed by atoms with Gasteiger partial charge in [-0.15, -0.1) is 0 Å². The molecule has 1 atom stereocenters. The van der Waals surface area contributed by atoms with E-state index >= 15 is 0 Å². The van der Waals surface area contributed by atoms with Gasteiger partial charge in [-0.2, -0.15) is 0 Å². The highest BCUT2D eigenvalue weighted by molar-refractivity contribution is 5.94. The van der Waals surface area contributed by atoms with Crippen LogP contribution in [0.5, 0.6) is 0 Å². The summed E-state index contributed by atoms with van der Waals surface area (Å²) in [4.78, 5) is 22.6. The first-order chi connectivity index (χ1) is 10.2. The van der Waals surface area contributed by atoms with Crippen LogP contribution in [0.15, 0.2) is 43.5 Å². The van der Waals surface area contributed by atoms with Crippen molar-refractivity contribution in [2.75, 3.05) is 0 Å². The Balaban J connectivity index is 2.98. The van der Waals surface area contributed by atoms with Gasteiger partial charge >= 0.3 is 11.9 Å². The normalized spacial score (nSPS) is 12.3. The zero-order valence-corrected chi connectivity index (χ0v) is 13.3. The fraction of sp³-hybridized carbons (Fsp3) is 0.333. The molecule has 0 spiro atoms. The molecule has 4 heteroatoms. The molecule has 0 aliphatic carbocycles. The predicted molar refractivity (Wildman–Crippen MR) is 86.6 cm³/mol. The van der Waals surface area contributed by atoms with Crippen molar-refractivity contribution in [3.8, 4) is 0 Å². The maximum Gasteiger partial charge on any atom is 0.336 e. The Bertz CT molecular complexity index is 599.